The van der Waals surface area contributed by atoms with Gasteiger partial charge in [-0.15, -0.1) is 24.0 Å². The summed E-state index contributed by atoms with van der Waals surface area (Å²) in [6, 6.07) is 10.6. The highest BCUT2D eigenvalue weighted by Crippen LogP contribution is 2.17. The fourth-order valence-electron chi connectivity index (χ4n) is 1.83. The fourth-order valence-corrected chi connectivity index (χ4v) is 1.83. The smallest absolute Gasteiger partial charge is 0.422 e. The lowest BCUT2D eigenvalue weighted by molar-refractivity contribution is -0.154. The molecule has 2 rings (SSSR count). The standard InChI is InChI=1S/C16H17F3N4O.HI/c1-11-3-2-4-13(7-11)23-15(20)22-9-12-5-6-14(21-8-12)24-10-16(17,18)19;/h2-8H,9-10H2,1H3,(H3,20,22,23);1H. The average Bonchev–Trinajstić information content (AvgIpc) is 2.51. The molecule has 0 amide bonds. The molecular weight excluding hydrogens is 448 g/mol. The third-order valence-electron chi connectivity index (χ3n) is 2.90. The molecule has 1 aromatic heterocycles. The monoisotopic (exact) mass is 466 g/mol. The summed E-state index contributed by atoms with van der Waals surface area (Å²) in [5, 5.41) is 2.96. The van der Waals surface area contributed by atoms with Gasteiger partial charge in [-0.05, 0) is 30.2 Å². The molecule has 25 heavy (non-hydrogen) atoms. The summed E-state index contributed by atoms with van der Waals surface area (Å²) in [5.74, 6) is 0.143. The summed E-state index contributed by atoms with van der Waals surface area (Å²) >= 11 is 0. The van der Waals surface area contributed by atoms with Gasteiger partial charge in [0.15, 0.2) is 12.6 Å². The minimum atomic E-state index is -4.39. The largest absolute Gasteiger partial charge is 0.468 e. The highest BCUT2D eigenvalue weighted by atomic mass is 127. The Morgan fingerprint density at radius 2 is 2.04 bits per heavy atom. The van der Waals surface area contributed by atoms with Crippen LogP contribution in [0.2, 0.25) is 0 Å². The maximum atomic E-state index is 12.0. The number of guanidine groups is 1. The minimum Gasteiger partial charge on any atom is -0.468 e. The van der Waals surface area contributed by atoms with Crippen LogP contribution in [0.3, 0.4) is 0 Å². The number of hydrogen-bond acceptors (Lipinski definition) is 3. The lowest BCUT2D eigenvalue weighted by Gasteiger charge is -2.08. The number of aryl methyl sites for hydroxylation is 1. The first kappa shape index (κ1) is 21.0. The maximum absolute atomic E-state index is 12.0. The average molecular weight is 466 g/mol. The van der Waals surface area contributed by atoms with Gasteiger partial charge in [-0.3, -0.25) is 0 Å². The van der Waals surface area contributed by atoms with Gasteiger partial charge in [0.2, 0.25) is 5.88 Å². The minimum absolute atomic E-state index is 0. The number of nitrogens with zero attached hydrogens (tertiary/aromatic N) is 2. The number of rotatable bonds is 5. The molecule has 0 radical (unpaired) electrons. The Labute approximate surface area is 160 Å². The normalized spacial score (nSPS) is 11.6. The number of nitrogens with two attached hydrogens (primary N) is 1. The van der Waals surface area contributed by atoms with Crippen molar-refractivity contribution in [3.8, 4) is 5.88 Å². The van der Waals surface area contributed by atoms with Gasteiger partial charge in [-0.2, -0.15) is 13.2 Å². The van der Waals surface area contributed by atoms with Gasteiger partial charge < -0.3 is 15.8 Å². The van der Waals surface area contributed by atoms with Crippen molar-refractivity contribution in [2.45, 2.75) is 19.6 Å². The summed E-state index contributed by atoms with van der Waals surface area (Å²) in [7, 11) is 0. The van der Waals surface area contributed by atoms with Crippen molar-refractivity contribution < 1.29 is 17.9 Å². The highest BCUT2D eigenvalue weighted by molar-refractivity contribution is 14.0. The molecule has 0 aliphatic rings. The van der Waals surface area contributed by atoms with Gasteiger partial charge >= 0.3 is 6.18 Å². The molecule has 0 saturated heterocycles. The Kier molecular flexibility index (Phi) is 7.94. The van der Waals surface area contributed by atoms with E-state index in [1.807, 2.05) is 31.2 Å². The molecule has 0 saturated carbocycles. The van der Waals surface area contributed by atoms with Crippen LogP contribution in [-0.4, -0.2) is 23.7 Å². The molecule has 0 fully saturated rings. The van der Waals surface area contributed by atoms with Crippen molar-refractivity contribution in [1.29, 1.82) is 0 Å². The van der Waals surface area contributed by atoms with Crippen molar-refractivity contribution in [1.82, 2.24) is 4.98 Å². The summed E-state index contributed by atoms with van der Waals surface area (Å²) in [4.78, 5) is 7.96. The van der Waals surface area contributed by atoms with Crippen LogP contribution in [0.15, 0.2) is 47.6 Å². The van der Waals surface area contributed by atoms with Crippen LogP contribution < -0.4 is 15.8 Å². The second kappa shape index (κ2) is 9.44. The first-order valence-corrected chi connectivity index (χ1v) is 7.10. The quantitative estimate of drug-likeness (QED) is 0.399. The molecule has 0 spiro atoms. The maximum Gasteiger partial charge on any atom is 0.422 e. The van der Waals surface area contributed by atoms with Gasteiger partial charge in [0.1, 0.15) is 0 Å². The van der Waals surface area contributed by atoms with Crippen molar-refractivity contribution in [2.75, 3.05) is 11.9 Å². The lowest BCUT2D eigenvalue weighted by atomic mass is 10.2. The number of hydrogen-bond donors (Lipinski definition) is 2. The lowest BCUT2D eigenvalue weighted by Crippen LogP contribution is -2.22. The number of alkyl halides is 3. The van der Waals surface area contributed by atoms with Crippen LogP contribution in [0.1, 0.15) is 11.1 Å². The predicted molar refractivity (Wildman–Crippen MR) is 101 cm³/mol. The van der Waals surface area contributed by atoms with Gasteiger partial charge in [0.25, 0.3) is 0 Å². The van der Waals surface area contributed by atoms with E-state index in [9.17, 15) is 13.2 Å². The SMILES string of the molecule is Cc1cccc(NC(N)=NCc2ccc(OCC(F)(F)F)nc2)c1.I. The molecular formula is C16H18F3IN4O. The van der Waals surface area contributed by atoms with Crippen LogP contribution in [0.4, 0.5) is 18.9 Å². The molecule has 0 aliphatic heterocycles. The number of anilines is 1. The third kappa shape index (κ3) is 8.05. The molecule has 9 heteroatoms. The second-order valence-corrected chi connectivity index (χ2v) is 5.10. The Morgan fingerprint density at radius 1 is 1.28 bits per heavy atom. The van der Waals surface area contributed by atoms with E-state index in [0.29, 0.717) is 5.56 Å². The number of aromatic nitrogens is 1. The first-order chi connectivity index (χ1) is 11.3. The third-order valence-corrected chi connectivity index (χ3v) is 2.90. The summed E-state index contributed by atoms with van der Waals surface area (Å²) < 4.78 is 40.7. The summed E-state index contributed by atoms with van der Waals surface area (Å²) in [6.45, 7) is 0.842. The Hall–Kier alpha value is -2.04. The Morgan fingerprint density at radius 3 is 2.64 bits per heavy atom. The van der Waals surface area contributed by atoms with E-state index in [-0.39, 0.29) is 42.4 Å². The van der Waals surface area contributed by atoms with Crippen molar-refractivity contribution >= 4 is 35.6 Å². The van der Waals surface area contributed by atoms with E-state index in [1.54, 1.807) is 6.07 Å². The van der Waals surface area contributed by atoms with E-state index in [0.717, 1.165) is 11.3 Å². The Bertz CT molecular complexity index is 705. The van der Waals surface area contributed by atoms with Gasteiger partial charge in [-0.1, -0.05) is 18.2 Å². The molecule has 0 bridgehead atoms. The number of nitrogens with one attached hydrogen (secondary N) is 1. The van der Waals surface area contributed by atoms with E-state index in [2.05, 4.69) is 20.0 Å². The zero-order valence-electron chi connectivity index (χ0n) is 13.4. The van der Waals surface area contributed by atoms with Gasteiger partial charge in [-0.25, -0.2) is 9.98 Å². The molecule has 5 nitrogen and oxygen atoms in total. The zero-order valence-corrected chi connectivity index (χ0v) is 15.7. The number of pyridine rings is 1. The van der Waals surface area contributed by atoms with E-state index in [1.165, 1.54) is 12.3 Å². The molecule has 0 aliphatic carbocycles. The zero-order chi connectivity index (χ0) is 17.6. The molecule has 0 unspecified atom stereocenters. The second-order valence-electron chi connectivity index (χ2n) is 5.10. The van der Waals surface area contributed by atoms with Crippen LogP contribution in [0.25, 0.3) is 0 Å². The molecule has 2 aromatic rings. The van der Waals surface area contributed by atoms with E-state index >= 15 is 0 Å². The summed E-state index contributed by atoms with van der Waals surface area (Å²) in [5.41, 5.74) is 8.41. The van der Waals surface area contributed by atoms with Crippen LogP contribution in [0, 0.1) is 6.92 Å². The van der Waals surface area contributed by atoms with Crippen LogP contribution in [-0.2, 0) is 6.54 Å². The number of benzene rings is 1. The number of halogens is 4. The first-order valence-electron chi connectivity index (χ1n) is 7.10. The van der Waals surface area contributed by atoms with E-state index in [4.69, 9.17) is 5.73 Å². The van der Waals surface area contributed by atoms with Gasteiger partial charge in [0.05, 0.1) is 6.54 Å². The molecule has 0 atom stereocenters. The molecule has 3 N–H and O–H groups in total. The molecule has 136 valence electrons. The number of aliphatic imine (C=N–C) groups is 1. The Balaban J connectivity index is 0.00000312. The summed E-state index contributed by atoms with van der Waals surface area (Å²) in [6.07, 6.45) is -2.99. The molecule has 1 aromatic carbocycles. The van der Waals surface area contributed by atoms with Crippen molar-refractivity contribution in [3.63, 3.8) is 0 Å². The van der Waals surface area contributed by atoms with Gasteiger partial charge in [0, 0.05) is 18.0 Å². The van der Waals surface area contributed by atoms with Crippen molar-refractivity contribution in [3.05, 3.63) is 53.7 Å². The topological polar surface area (TPSA) is 72.5 Å². The number of ether oxygens (including phenoxy) is 1. The fraction of sp³-hybridized carbons (Fsp3) is 0.250. The predicted octanol–water partition coefficient (Wildman–Crippen LogP) is 3.88. The highest BCUT2D eigenvalue weighted by Gasteiger charge is 2.28. The van der Waals surface area contributed by atoms with E-state index < -0.39 is 12.8 Å². The van der Waals surface area contributed by atoms with Crippen LogP contribution >= 0.6 is 24.0 Å². The molecule has 1 heterocycles. The van der Waals surface area contributed by atoms with Crippen molar-refractivity contribution in [2.24, 2.45) is 10.7 Å². The van der Waals surface area contributed by atoms with Crippen LogP contribution in [0.5, 0.6) is 5.88 Å².